The van der Waals surface area contributed by atoms with Crippen molar-refractivity contribution in [1.29, 1.82) is 0 Å². The molecule has 0 bridgehead atoms. The molecule has 1 aliphatic rings. The molecule has 0 saturated carbocycles. The predicted molar refractivity (Wildman–Crippen MR) is 67.1 cm³/mol. The Kier molecular flexibility index (Phi) is 3.95. The first-order valence-corrected chi connectivity index (χ1v) is 6.43. The van der Waals surface area contributed by atoms with E-state index in [0.29, 0.717) is 5.92 Å². The van der Waals surface area contributed by atoms with Gasteiger partial charge in [-0.2, -0.15) is 0 Å². The standard InChI is InChI=1S/C12H17BrN2O/c1-8-4-5-16-12(8)11(14)6-10-3-2-9(13)7-15-10/h2-3,7-8,11-12H,4-6,14H2,1H3. The molecule has 88 valence electrons. The normalized spacial score (nSPS) is 26.9. The van der Waals surface area contributed by atoms with E-state index < -0.39 is 0 Å². The summed E-state index contributed by atoms with van der Waals surface area (Å²) in [4.78, 5) is 4.33. The van der Waals surface area contributed by atoms with Crippen LogP contribution in [-0.2, 0) is 11.2 Å². The Bertz CT molecular complexity index is 341. The zero-order valence-electron chi connectivity index (χ0n) is 9.40. The third-order valence-electron chi connectivity index (χ3n) is 3.10. The van der Waals surface area contributed by atoms with Crippen molar-refractivity contribution in [3.63, 3.8) is 0 Å². The van der Waals surface area contributed by atoms with E-state index in [1.165, 1.54) is 0 Å². The minimum Gasteiger partial charge on any atom is -0.376 e. The summed E-state index contributed by atoms with van der Waals surface area (Å²) in [5, 5.41) is 0. The average molecular weight is 285 g/mol. The SMILES string of the molecule is CC1CCOC1C(N)Cc1ccc(Br)cn1. The summed E-state index contributed by atoms with van der Waals surface area (Å²) in [5.41, 5.74) is 7.19. The maximum Gasteiger partial charge on any atom is 0.0756 e. The van der Waals surface area contributed by atoms with Crippen molar-refractivity contribution in [2.24, 2.45) is 11.7 Å². The van der Waals surface area contributed by atoms with Crippen molar-refractivity contribution in [2.45, 2.75) is 31.9 Å². The van der Waals surface area contributed by atoms with Crippen LogP contribution in [0.4, 0.5) is 0 Å². The third-order valence-corrected chi connectivity index (χ3v) is 3.57. The van der Waals surface area contributed by atoms with Gasteiger partial charge in [-0.05, 0) is 40.4 Å². The first-order valence-electron chi connectivity index (χ1n) is 5.64. The molecule has 3 nitrogen and oxygen atoms in total. The smallest absolute Gasteiger partial charge is 0.0756 e. The van der Waals surface area contributed by atoms with Gasteiger partial charge in [-0.15, -0.1) is 0 Å². The van der Waals surface area contributed by atoms with Crippen molar-refractivity contribution in [1.82, 2.24) is 4.98 Å². The summed E-state index contributed by atoms with van der Waals surface area (Å²) in [6, 6.07) is 4.04. The number of hydrogen-bond acceptors (Lipinski definition) is 3. The van der Waals surface area contributed by atoms with E-state index in [9.17, 15) is 0 Å². The van der Waals surface area contributed by atoms with Crippen LogP contribution < -0.4 is 5.73 Å². The molecule has 3 atom stereocenters. The van der Waals surface area contributed by atoms with Crippen molar-refractivity contribution in [3.05, 3.63) is 28.5 Å². The van der Waals surface area contributed by atoms with Gasteiger partial charge in [0.15, 0.2) is 0 Å². The van der Waals surface area contributed by atoms with Gasteiger partial charge in [-0.3, -0.25) is 4.98 Å². The number of nitrogens with zero attached hydrogens (tertiary/aromatic N) is 1. The summed E-state index contributed by atoms with van der Waals surface area (Å²) >= 11 is 3.37. The lowest BCUT2D eigenvalue weighted by atomic mass is 9.95. The average Bonchev–Trinajstić information content (AvgIpc) is 2.68. The number of aromatic nitrogens is 1. The molecule has 1 fully saturated rings. The number of rotatable bonds is 3. The van der Waals surface area contributed by atoms with Crippen molar-refractivity contribution in [2.75, 3.05) is 6.61 Å². The van der Waals surface area contributed by atoms with Gasteiger partial charge in [0.2, 0.25) is 0 Å². The molecule has 0 amide bonds. The molecule has 1 saturated heterocycles. The van der Waals surface area contributed by atoms with Gasteiger partial charge in [-0.25, -0.2) is 0 Å². The molecule has 0 aromatic carbocycles. The van der Waals surface area contributed by atoms with Crippen molar-refractivity contribution >= 4 is 15.9 Å². The number of halogens is 1. The maximum atomic E-state index is 6.16. The summed E-state index contributed by atoms with van der Waals surface area (Å²) < 4.78 is 6.66. The van der Waals surface area contributed by atoms with Gasteiger partial charge >= 0.3 is 0 Å². The first kappa shape index (κ1) is 12.0. The fraction of sp³-hybridized carbons (Fsp3) is 0.583. The lowest BCUT2D eigenvalue weighted by Crippen LogP contribution is -2.39. The van der Waals surface area contributed by atoms with Gasteiger partial charge < -0.3 is 10.5 Å². The highest BCUT2D eigenvalue weighted by atomic mass is 79.9. The second-order valence-corrected chi connectivity index (χ2v) is 5.35. The van der Waals surface area contributed by atoms with Crippen molar-refractivity contribution in [3.8, 4) is 0 Å². The first-order chi connectivity index (χ1) is 7.66. The van der Waals surface area contributed by atoms with Crippen LogP contribution in [0, 0.1) is 5.92 Å². The molecule has 16 heavy (non-hydrogen) atoms. The van der Waals surface area contributed by atoms with E-state index in [1.54, 1.807) is 6.20 Å². The lowest BCUT2D eigenvalue weighted by Gasteiger charge is -2.22. The molecule has 0 spiro atoms. The summed E-state index contributed by atoms with van der Waals surface area (Å²) in [7, 11) is 0. The number of nitrogens with two attached hydrogens (primary N) is 1. The second kappa shape index (κ2) is 5.25. The number of pyridine rings is 1. The highest BCUT2D eigenvalue weighted by molar-refractivity contribution is 9.10. The molecule has 1 aromatic rings. The molecular formula is C12H17BrN2O. The largest absolute Gasteiger partial charge is 0.376 e. The molecule has 2 N–H and O–H groups in total. The van der Waals surface area contributed by atoms with Crippen LogP contribution in [-0.4, -0.2) is 23.7 Å². The number of ether oxygens (including phenoxy) is 1. The Morgan fingerprint density at radius 3 is 3.00 bits per heavy atom. The van der Waals surface area contributed by atoms with E-state index in [0.717, 1.165) is 29.6 Å². The van der Waals surface area contributed by atoms with Gasteiger partial charge in [0.05, 0.1) is 6.10 Å². The summed E-state index contributed by atoms with van der Waals surface area (Å²) in [6.45, 7) is 3.04. The molecule has 4 heteroatoms. The molecular weight excluding hydrogens is 268 g/mol. The van der Waals surface area contributed by atoms with Crippen LogP contribution in [0.5, 0.6) is 0 Å². The minimum atomic E-state index is 0.0474. The Balaban J connectivity index is 1.96. The summed E-state index contributed by atoms with van der Waals surface area (Å²) in [6.07, 6.45) is 3.89. The Labute approximate surface area is 105 Å². The van der Waals surface area contributed by atoms with E-state index in [-0.39, 0.29) is 12.1 Å². The van der Waals surface area contributed by atoms with E-state index >= 15 is 0 Å². The van der Waals surface area contributed by atoms with E-state index in [4.69, 9.17) is 10.5 Å². The highest BCUT2D eigenvalue weighted by Crippen LogP contribution is 2.23. The second-order valence-electron chi connectivity index (χ2n) is 4.44. The predicted octanol–water partition coefficient (Wildman–Crippen LogP) is 2.14. The van der Waals surface area contributed by atoms with Gasteiger partial charge in [0.1, 0.15) is 0 Å². The molecule has 3 unspecified atom stereocenters. The van der Waals surface area contributed by atoms with Crippen LogP contribution >= 0.6 is 15.9 Å². The fourth-order valence-corrected chi connectivity index (χ4v) is 2.38. The van der Waals surface area contributed by atoms with Gasteiger partial charge in [0, 0.05) is 35.4 Å². The van der Waals surface area contributed by atoms with Crippen LogP contribution in [0.2, 0.25) is 0 Å². The van der Waals surface area contributed by atoms with Gasteiger partial charge in [0.25, 0.3) is 0 Å². The molecule has 1 aromatic heterocycles. The zero-order valence-corrected chi connectivity index (χ0v) is 11.0. The molecule has 1 aliphatic heterocycles. The van der Waals surface area contributed by atoms with Gasteiger partial charge in [-0.1, -0.05) is 6.92 Å². The van der Waals surface area contributed by atoms with E-state index in [1.807, 2.05) is 12.1 Å². The molecule has 2 heterocycles. The molecule has 0 radical (unpaired) electrons. The monoisotopic (exact) mass is 284 g/mol. The summed E-state index contributed by atoms with van der Waals surface area (Å²) in [5.74, 6) is 0.561. The van der Waals surface area contributed by atoms with Crippen molar-refractivity contribution < 1.29 is 4.74 Å². The maximum absolute atomic E-state index is 6.16. The Morgan fingerprint density at radius 2 is 2.44 bits per heavy atom. The Morgan fingerprint density at radius 1 is 1.62 bits per heavy atom. The minimum absolute atomic E-state index is 0.0474. The van der Waals surface area contributed by atoms with Crippen LogP contribution in [0.25, 0.3) is 0 Å². The number of hydrogen-bond donors (Lipinski definition) is 1. The quantitative estimate of drug-likeness (QED) is 0.925. The van der Waals surface area contributed by atoms with Crippen LogP contribution in [0.3, 0.4) is 0 Å². The topological polar surface area (TPSA) is 48.1 Å². The fourth-order valence-electron chi connectivity index (χ4n) is 2.15. The van der Waals surface area contributed by atoms with E-state index in [2.05, 4.69) is 27.8 Å². The molecule has 2 rings (SSSR count). The highest BCUT2D eigenvalue weighted by Gasteiger charge is 2.29. The Hall–Kier alpha value is -0.450. The van der Waals surface area contributed by atoms with Crippen LogP contribution in [0.1, 0.15) is 19.0 Å². The van der Waals surface area contributed by atoms with Crippen LogP contribution in [0.15, 0.2) is 22.8 Å². The molecule has 0 aliphatic carbocycles. The lowest BCUT2D eigenvalue weighted by molar-refractivity contribution is 0.0724. The third kappa shape index (κ3) is 2.81. The zero-order chi connectivity index (χ0) is 11.5.